The maximum absolute atomic E-state index is 13.6. The number of hydrogen-bond donors (Lipinski definition) is 6. The Labute approximate surface area is 285 Å². The highest BCUT2D eigenvalue weighted by molar-refractivity contribution is 9.12. The molecular formula is C34H48BrN7O5. The highest BCUT2D eigenvalue weighted by Gasteiger charge is 2.29. The van der Waals surface area contributed by atoms with E-state index in [1.54, 1.807) is 6.08 Å². The van der Waals surface area contributed by atoms with Gasteiger partial charge in [-0.05, 0) is 64.2 Å². The van der Waals surface area contributed by atoms with E-state index in [9.17, 15) is 19.2 Å². The van der Waals surface area contributed by atoms with Gasteiger partial charge in [0.25, 0.3) is 5.91 Å². The van der Waals surface area contributed by atoms with E-state index in [-0.39, 0.29) is 49.8 Å². The van der Waals surface area contributed by atoms with Gasteiger partial charge in [-0.25, -0.2) is 4.79 Å². The number of carbonyl (C=O) groups excluding carboxylic acids is 4. The first-order valence-corrected chi connectivity index (χ1v) is 16.5. The Hall–Kier alpha value is -4.39. The first kappa shape index (κ1) is 38.8. The topological polar surface area (TPSA) is 190 Å². The number of nitrogens with one attached hydrogen (secondary N) is 4. The molecule has 2 aromatic carbocycles. The molecule has 0 aromatic heterocycles. The van der Waals surface area contributed by atoms with E-state index in [1.807, 2.05) is 88.4 Å². The fourth-order valence-electron chi connectivity index (χ4n) is 4.44. The van der Waals surface area contributed by atoms with Crippen LogP contribution >= 0.6 is 15.9 Å². The van der Waals surface area contributed by atoms with E-state index in [0.717, 1.165) is 11.1 Å². The van der Waals surface area contributed by atoms with Crippen molar-refractivity contribution in [3.05, 3.63) is 76.3 Å². The van der Waals surface area contributed by atoms with Gasteiger partial charge in [0.2, 0.25) is 11.8 Å². The van der Waals surface area contributed by atoms with Crippen molar-refractivity contribution in [2.45, 2.75) is 71.7 Å². The molecule has 8 N–H and O–H groups in total. The minimum atomic E-state index is -1.01. The van der Waals surface area contributed by atoms with Crippen LogP contribution in [0.3, 0.4) is 0 Å². The predicted molar refractivity (Wildman–Crippen MR) is 188 cm³/mol. The summed E-state index contributed by atoms with van der Waals surface area (Å²) < 4.78 is 5.68. The zero-order chi connectivity index (χ0) is 34.8. The number of nitrogens with zero attached hydrogens (tertiary/aromatic N) is 1. The zero-order valence-corrected chi connectivity index (χ0v) is 29.1. The minimum Gasteiger partial charge on any atom is -0.445 e. The number of halogens is 1. The molecule has 0 aliphatic carbocycles. The molecule has 0 fully saturated rings. The number of guanidine groups is 1. The SMILES string of the molecule is CC(C)C[C@H](NC(=O)[C@H](CCCN=C(N)N)NC(=O)OCc1ccccc1)C(=O)N[C@H](CNC(=O)/C(Br)=C/c1ccccc1)C(C)C. The van der Waals surface area contributed by atoms with Crippen LogP contribution in [0, 0.1) is 11.8 Å². The summed E-state index contributed by atoms with van der Waals surface area (Å²) in [5.41, 5.74) is 12.5. The molecule has 0 saturated heterocycles. The zero-order valence-electron chi connectivity index (χ0n) is 27.5. The molecule has 2 rings (SSSR count). The second-order valence-corrected chi connectivity index (χ2v) is 12.7. The molecule has 0 saturated carbocycles. The molecule has 3 atom stereocenters. The third-order valence-corrected chi connectivity index (χ3v) is 7.62. The van der Waals surface area contributed by atoms with Crippen molar-refractivity contribution in [1.29, 1.82) is 0 Å². The number of benzene rings is 2. The monoisotopic (exact) mass is 713 g/mol. The average molecular weight is 715 g/mol. The van der Waals surface area contributed by atoms with Gasteiger partial charge in [0.05, 0.1) is 4.48 Å². The van der Waals surface area contributed by atoms with Gasteiger partial charge < -0.3 is 37.5 Å². The van der Waals surface area contributed by atoms with Crippen LogP contribution in [0.2, 0.25) is 0 Å². The molecule has 0 radical (unpaired) electrons. The molecule has 256 valence electrons. The standard InChI is InChI=1S/C34H48BrN7O5/c1-22(2)18-28(32(45)41-29(23(3)4)20-39-30(43)26(35)19-24-12-7-5-8-13-24)40-31(44)27(16-11-17-38-33(36)37)42-34(46)47-21-25-14-9-6-10-15-25/h5-10,12-15,19,22-23,27-29H,11,16-18,20-21H2,1-4H3,(H,39,43)(H,40,44)(H,41,45)(H,42,46)(H4,36,37,38)/b26-19-/t27-,28-,29+/m0/s1. The number of ether oxygens (including phenoxy) is 1. The van der Waals surface area contributed by atoms with Gasteiger partial charge >= 0.3 is 6.09 Å². The average Bonchev–Trinajstić information content (AvgIpc) is 3.03. The van der Waals surface area contributed by atoms with E-state index >= 15 is 0 Å². The molecule has 0 unspecified atom stereocenters. The third-order valence-electron chi connectivity index (χ3n) is 7.03. The maximum Gasteiger partial charge on any atom is 0.408 e. The summed E-state index contributed by atoms with van der Waals surface area (Å²) in [6.07, 6.45) is 1.87. The lowest BCUT2D eigenvalue weighted by Crippen LogP contribution is -2.57. The Morgan fingerprint density at radius 3 is 2.09 bits per heavy atom. The van der Waals surface area contributed by atoms with Crippen molar-refractivity contribution < 1.29 is 23.9 Å². The van der Waals surface area contributed by atoms with Crippen LogP contribution in [0.15, 0.2) is 70.1 Å². The summed E-state index contributed by atoms with van der Waals surface area (Å²) in [6.45, 7) is 8.19. The van der Waals surface area contributed by atoms with Crippen molar-refractivity contribution in [2.24, 2.45) is 28.3 Å². The largest absolute Gasteiger partial charge is 0.445 e. The minimum absolute atomic E-state index is 0.0269. The Bertz CT molecular complexity index is 1350. The summed E-state index contributed by atoms with van der Waals surface area (Å²) in [6, 6.07) is 16.2. The predicted octanol–water partition coefficient (Wildman–Crippen LogP) is 3.56. The number of alkyl carbamates (subject to hydrolysis) is 1. The summed E-state index contributed by atoms with van der Waals surface area (Å²) in [5.74, 6) is -1.32. The van der Waals surface area contributed by atoms with E-state index in [0.29, 0.717) is 17.3 Å². The number of nitrogens with two attached hydrogens (primary N) is 2. The Morgan fingerprint density at radius 2 is 1.49 bits per heavy atom. The van der Waals surface area contributed by atoms with Crippen LogP contribution in [-0.2, 0) is 25.7 Å². The Balaban J connectivity index is 2.09. The van der Waals surface area contributed by atoms with Crippen LogP contribution in [0.5, 0.6) is 0 Å². The van der Waals surface area contributed by atoms with Gasteiger partial charge in [0, 0.05) is 19.1 Å². The molecule has 0 aliphatic rings. The smallest absolute Gasteiger partial charge is 0.408 e. The summed E-state index contributed by atoms with van der Waals surface area (Å²) in [4.78, 5) is 56.5. The van der Waals surface area contributed by atoms with Crippen LogP contribution in [0.1, 0.15) is 58.1 Å². The normalized spacial score (nSPS) is 13.2. The van der Waals surface area contributed by atoms with Gasteiger partial charge in [-0.1, -0.05) is 88.4 Å². The molecule has 4 amide bonds. The molecule has 12 nitrogen and oxygen atoms in total. The van der Waals surface area contributed by atoms with Crippen LogP contribution < -0.4 is 32.7 Å². The lowest BCUT2D eigenvalue weighted by atomic mass is 9.99. The molecule has 0 bridgehead atoms. The van der Waals surface area contributed by atoms with Crippen molar-refractivity contribution in [3.63, 3.8) is 0 Å². The summed E-state index contributed by atoms with van der Waals surface area (Å²) in [5, 5.41) is 11.3. The van der Waals surface area contributed by atoms with E-state index in [1.165, 1.54) is 0 Å². The van der Waals surface area contributed by atoms with Gasteiger partial charge in [0.15, 0.2) is 5.96 Å². The first-order chi connectivity index (χ1) is 22.3. The number of carbonyl (C=O) groups is 4. The number of amides is 4. The summed E-state index contributed by atoms with van der Waals surface area (Å²) in [7, 11) is 0. The molecule has 0 spiro atoms. The lowest BCUT2D eigenvalue weighted by molar-refractivity contribution is -0.131. The van der Waals surface area contributed by atoms with Crippen LogP contribution in [-0.4, -0.2) is 61.0 Å². The molecule has 2 aromatic rings. The first-order valence-electron chi connectivity index (χ1n) is 15.7. The van der Waals surface area contributed by atoms with Gasteiger partial charge in [0.1, 0.15) is 18.7 Å². The van der Waals surface area contributed by atoms with E-state index < -0.39 is 36.0 Å². The van der Waals surface area contributed by atoms with Gasteiger partial charge in [-0.2, -0.15) is 0 Å². The lowest BCUT2D eigenvalue weighted by Gasteiger charge is -2.28. The van der Waals surface area contributed by atoms with Crippen molar-refractivity contribution in [2.75, 3.05) is 13.1 Å². The fourth-order valence-corrected chi connectivity index (χ4v) is 4.84. The van der Waals surface area contributed by atoms with Gasteiger partial charge in [-0.3, -0.25) is 19.4 Å². The van der Waals surface area contributed by atoms with Gasteiger partial charge in [-0.15, -0.1) is 0 Å². The van der Waals surface area contributed by atoms with Crippen molar-refractivity contribution >= 4 is 51.8 Å². The van der Waals surface area contributed by atoms with Crippen LogP contribution in [0.25, 0.3) is 6.08 Å². The highest BCUT2D eigenvalue weighted by Crippen LogP contribution is 2.13. The van der Waals surface area contributed by atoms with Crippen LogP contribution in [0.4, 0.5) is 4.79 Å². The number of rotatable bonds is 18. The second kappa shape index (κ2) is 20.7. The fraction of sp³-hybridized carbons (Fsp3) is 0.441. The molecular weight excluding hydrogens is 666 g/mol. The molecule has 0 aliphatic heterocycles. The third kappa shape index (κ3) is 15.6. The van der Waals surface area contributed by atoms with E-state index in [2.05, 4.69) is 42.2 Å². The summed E-state index contributed by atoms with van der Waals surface area (Å²) >= 11 is 3.33. The van der Waals surface area contributed by atoms with Crippen molar-refractivity contribution in [1.82, 2.24) is 21.3 Å². The molecule has 47 heavy (non-hydrogen) atoms. The van der Waals surface area contributed by atoms with E-state index in [4.69, 9.17) is 16.2 Å². The maximum atomic E-state index is 13.6. The quantitative estimate of drug-likeness (QED) is 0.0589. The molecule has 13 heteroatoms. The highest BCUT2D eigenvalue weighted by atomic mass is 79.9. The Kier molecular flexibility index (Phi) is 17.1. The molecule has 0 heterocycles. The number of hydrogen-bond acceptors (Lipinski definition) is 6. The Morgan fingerprint density at radius 1 is 0.872 bits per heavy atom. The van der Waals surface area contributed by atoms with Crippen molar-refractivity contribution in [3.8, 4) is 0 Å². The number of aliphatic imine (C=N–C) groups is 1. The second-order valence-electron chi connectivity index (χ2n) is 11.9.